The fraction of sp³-hybridized carbons (Fsp3) is 0.867. The van der Waals surface area contributed by atoms with Crippen molar-refractivity contribution in [1.82, 2.24) is 0 Å². The highest BCUT2D eigenvalue weighted by Gasteiger charge is 2.71. The third kappa shape index (κ3) is 3.12. The molecule has 4 fully saturated rings. The summed E-state index contributed by atoms with van der Waals surface area (Å²) >= 11 is 1.66. The topological polar surface area (TPSA) is 63.6 Å². The average molecular weight is 597 g/mol. The molecule has 0 amide bonds. The van der Waals surface area contributed by atoms with Gasteiger partial charge in [0.15, 0.2) is 28.8 Å². The zero-order chi connectivity index (χ0) is 25.8. The van der Waals surface area contributed by atoms with Gasteiger partial charge in [-0.25, -0.2) is 0 Å². The SMILES string of the molecule is C[C@@H]1CC[C@]2(C)CC[C@]3(C)C(=CC(=O)C4[C@@]5(C)CC[C@@H](O)[C@](C)(C(=O)OI)C5CC[C@]43C)C2[C@H]1C. The molecule has 4 saturated carbocycles. The van der Waals surface area contributed by atoms with Crippen molar-refractivity contribution in [2.24, 2.45) is 56.7 Å². The van der Waals surface area contributed by atoms with Crippen LogP contribution >= 0.6 is 23.0 Å². The van der Waals surface area contributed by atoms with E-state index in [2.05, 4.69) is 47.6 Å². The van der Waals surface area contributed by atoms with Gasteiger partial charge in [0, 0.05) is 5.92 Å². The fourth-order valence-corrected chi connectivity index (χ4v) is 11.2. The molecule has 11 atom stereocenters. The molecule has 5 aliphatic carbocycles. The average Bonchev–Trinajstić information content (AvgIpc) is 2.80. The van der Waals surface area contributed by atoms with Gasteiger partial charge >= 0.3 is 5.97 Å². The van der Waals surface area contributed by atoms with Crippen LogP contribution in [0.25, 0.3) is 0 Å². The molecule has 0 aliphatic heterocycles. The molecule has 0 heterocycles. The van der Waals surface area contributed by atoms with Crippen LogP contribution in [0.5, 0.6) is 0 Å². The first-order chi connectivity index (χ1) is 16.2. The maximum Gasteiger partial charge on any atom is 0.324 e. The second kappa shape index (κ2) is 8.04. The van der Waals surface area contributed by atoms with Crippen molar-refractivity contribution in [2.45, 2.75) is 106 Å². The van der Waals surface area contributed by atoms with Gasteiger partial charge in [-0.05, 0) is 110 Å². The van der Waals surface area contributed by atoms with Gasteiger partial charge in [0.2, 0.25) is 0 Å². The highest BCUT2D eigenvalue weighted by atomic mass is 127. The van der Waals surface area contributed by atoms with Crippen molar-refractivity contribution in [3.63, 3.8) is 0 Å². The lowest BCUT2D eigenvalue weighted by molar-refractivity contribution is -0.212. The minimum atomic E-state index is -0.973. The molecular formula is C30H45IO4. The lowest BCUT2D eigenvalue weighted by Crippen LogP contribution is -2.68. The Labute approximate surface area is 226 Å². The van der Waals surface area contributed by atoms with E-state index in [1.165, 1.54) is 24.8 Å². The summed E-state index contributed by atoms with van der Waals surface area (Å²) in [5.41, 5.74) is 0.282. The molecule has 0 bridgehead atoms. The Hall–Kier alpha value is -0.430. The number of fused-ring (bicyclic) bond motifs is 7. The third-order valence-corrected chi connectivity index (χ3v) is 13.7. The summed E-state index contributed by atoms with van der Waals surface area (Å²) in [5.74, 6) is 1.50. The molecule has 4 nitrogen and oxygen atoms in total. The summed E-state index contributed by atoms with van der Waals surface area (Å²) in [7, 11) is 0. The summed E-state index contributed by atoms with van der Waals surface area (Å²) in [6, 6.07) is 0. The van der Waals surface area contributed by atoms with Crippen molar-refractivity contribution in [3.8, 4) is 0 Å². The highest BCUT2D eigenvalue weighted by Crippen LogP contribution is 2.75. The number of rotatable bonds is 1. The molecule has 5 rings (SSSR count). The van der Waals surface area contributed by atoms with Gasteiger partial charge in [-0.1, -0.05) is 47.1 Å². The number of allylic oxidation sites excluding steroid dienone is 2. The van der Waals surface area contributed by atoms with Gasteiger partial charge in [0.25, 0.3) is 0 Å². The van der Waals surface area contributed by atoms with Crippen molar-refractivity contribution in [3.05, 3.63) is 11.6 Å². The van der Waals surface area contributed by atoms with Gasteiger partial charge in [-0.15, -0.1) is 0 Å². The smallest absolute Gasteiger partial charge is 0.324 e. The van der Waals surface area contributed by atoms with Crippen LogP contribution in [-0.2, 0) is 12.7 Å². The van der Waals surface area contributed by atoms with E-state index >= 15 is 0 Å². The summed E-state index contributed by atoms with van der Waals surface area (Å²) < 4.78 is 5.22. The molecular weight excluding hydrogens is 551 g/mol. The van der Waals surface area contributed by atoms with Crippen LogP contribution in [0, 0.1) is 56.7 Å². The number of ketones is 1. The Kier molecular flexibility index (Phi) is 6.01. The lowest BCUT2D eigenvalue weighted by atomic mass is 9.33. The van der Waals surface area contributed by atoms with Crippen LogP contribution in [0.4, 0.5) is 0 Å². The largest absolute Gasteiger partial charge is 0.394 e. The first-order valence-electron chi connectivity index (χ1n) is 14.0. The molecule has 1 N–H and O–H groups in total. The first-order valence-corrected chi connectivity index (χ1v) is 14.9. The van der Waals surface area contributed by atoms with Crippen LogP contribution < -0.4 is 0 Å². The lowest BCUT2D eigenvalue weighted by Gasteiger charge is -2.70. The maximum atomic E-state index is 14.3. The number of carbonyl (C=O) groups excluding carboxylic acids is 2. The Bertz CT molecular complexity index is 975. The molecule has 0 aromatic heterocycles. The van der Waals surface area contributed by atoms with Crippen LogP contribution in [0.3, 0.4) is 0 Å². The predicted octanol–water partition coefficient (Wildman–Crippen LogP) is 7.08. The summed E-state index contributed by atoms with van der Waals surface area (Å²) in [6.45, 7) is 16.3. The number of aliphatic hydroxyl groups excluding tert-OH is 1. The quantitative estimate of drug-likeness (QED) is 0.329. The zero-order valence-corrected chi connectivity index (χ0v) is 24.9. The van der Waals surface area contributed by atoms with Crippen molar-refractivity contribution >= 4 is 34.8 Å². The summed E-state index contributed by atoms with van der Waals surface area (Å²) in [4.78, 5) is 27.4. The monoisotopic (exact) mass is 596 g/mol. The van der Waals surface area contributed by atoms with E-state index < -0.39 is 11.5 Å². The van der Waals surface area contributed by atoms with Crippen LogP contribution in [0.15, 0.2) is 11.6 Å². The Balaban J connectivity index is 1.64. The van der Waals surface area contributed by atoms with Gasteiger partial charge in [0.1, 0.15) is 0 Å². The normalized spacial score (nSPS) is 55.6. The second-order valence-electron chi connectivity index (χ2n) is 14.5. The van der Waals surface area contributed by atoms with E-state index in [9.17, 15) is 14.7 Å². The van der Waals surface area contributed by atoms with Crippen molar-refractivity contribution in [1.29, 1.82) is 0 Å². The van der Waals surface area contributed by atoms with Crippen LogP contribution in [-0.4, -0.2) is 23.0 Å². The minimum Gasteiger partial charge on any atom is -0.394 e. The molecule has 5 aliphatic rings. The predicted molar refractivity (Wildman–Crippen MR) is 145 cm³/mol. The van der Waals surface area contributed by atoms with E-state index in [1.54, 1.807) is 23.0 Å². The van der Waals surface area contributed by atoms with Gasteiger partial charge in [-0.2, -0.15) is 0 Å². The van der Waals surface area contributed by atoms with E-state index in [-0.39, 0.29) is 39.8 Å². The number of carbonyl (C=O) groups is 2. The van der Waals surface area contributed by atoms with Gasteiger partial charge in [0.05, 0.1) is 11.5 Å². The van der Waals surface area contributed by atoms with Crippen LogP contribution in [0.1, 0.15) is 99.8 Å². The van der Waals surface area contributed by atoms with Crippen molar-refractivity contribution in [2.75, 3.05) is 0 Å². The van der Waals surface area contributed by atoms with Crippen molar-refractivity contribution < 1.29 is 17.8 Å². The highest BCUT2D eigenvalue weighted by molar-refractivity contribution is 14.1. The van der Waals surface area contributed by atoms with E-state index in [1.807, 2.05) is 6.92 Å². The fourth-order valence-electron chi connectivity index (χ4n) is 10.7. The second-order valence-corrected chi connectivity index (χ2v) is 14.9. The molecule has 0 spiro atoms. The summed E-state index contributed by atoms with van der Waals surface area (Å²) in [6.07, 6.45) is 9.40. The Morgan fingerprint density at radius 2 is 1.69 bits per heavy atom. The minimum absolute atomic E-state index is 0.00864. The standard InChI is InChI=1S/C30H45IO4/c1-17-8-11-26(3)14-15-28(5)19(23(26)18(17)2)16-20(32)24-27(4)12-10-22(33)30(7,25(34)35-31)21(27)9-13-29(24,28)6/h16-18,21-24,33H,8-15H2,1-7H3/t17-,18+,21?,22-,23?,24?,26-,27+,28-,29-,30-/m1/s1. The molecule has 0 saturated heterocycles. The molecule has 0 radical (unpaired) electrons. The molecule has 3 unspecified atom stereocenters. The molecule has 196 valence electrons. The molecule has 0 aromatic rings. The first kappa shape index (κ1) is 26.2. The zero-order valence-electron chi connectivity index (χ0n) is 22.7. The summed E-state index contributed by atoms with van der Waals surface area (Å²) in [5, 5.41) is 11.1. The number of hydrogen-bond donors (Lipinski definition) is 1. The van der Waals surface area contributed by atoms with Crippen LogP contribution in [0.2, 0.25) is 0 Å². The number of halogens is 1. The van der Waals surface area contributed by atoms with E-state index in [4.69, 9.17) is 3.07 Å². The number of hydrogen-bond acceptors (Lipinski definition) is 4. The molecule has 5 heteroatoms. The van der Waals surface area contributed by atoms with E-state index in [0.717, 1.165) is 25.7 Å². The van der Waals surface area contributed by atoms with E-state index in [0.29, 0.717) is 29.6 Å². The van der Waals surface area contributed by atoms with Gasteiger partial charge in [-0.3, -0.25) is 9.59 Å². The third-order valence-electron chi connectivity index (χ3n) is 13.3. The maximum absolute atomic E-state index is 14.3. The number of aliphatic hydroxyl groups is 1. The molecule has 0 aromatic carbocycles. The van der Waals surface area contributed by atoms with Gasteiger partial charge < -0.3 is 8.17 Å². The molecule has 35 heavy (non-hydrogen) atoms. The Morgan fingerprint density at radius 3 is 2.34 bits per heavy atom. The Morgan fingerprint density at radius 1 is 1.00 bits per heavy atom.